The molecule has 168 valence electrons. The minimum atomic E-state index is -0.934. The van der Waals surface area contributed by atoms with Gasteiger partial charge in [0.05, 0.1) is 11.1 Å². The zero-order valence-electron chi connectivity index (χ0n) is 18.4. The maximum Gasteiger partial charge on any atom is 0.229 e. The number of nitrogens with zero attached hydrogens (tertiary/aromatic N) is 4. The number of nitrogens with one attached hydrogen (secondary N) is 2. The molecule has 3 N–H and O–H groups in total. The van der Waals surface area contributed by atoms with Gasteiger partial charge >= 0.3 is 0 Å². The summed E-state index contributed by atoms with van der Waals surface area (Å²) in [5.74, 6) is 0.509. The summed E-state index contributed by atoms with van der Waals surface area (Å²) in [5.41, 5.74) is 4.72. The van der Waals surface area contributed by atoms with Gasteiger partial charge in [-0.05, 0) is 67.1 Å². The Hall–Kier alpha value is -3.36. The Morgan fingerprint density at radius 1 is 1.15 bits per heavy atom. The first kappa shape index (κ1) is 20.3. The molecule has 4 aromatic rings. The zero-order chi connectivity index (χ0) is 22.6. The standard InChI is InChI=1S/C25H25FN6O/c1-2-25(33)9-7-15-4-6-21(30-22(15)25)32-14-20(26)19-13-28-24(31-23(19)32)29-18-5-3-17-12-27-10-8-16(17)11-18/h3-6,11,13-14,27,33H,2,7-10,12H2,1H3,(H,28,29,31)/t25-/m1/s1. The normalized spacial score (nSPS) is 19.5. The number of anilines is 2. The summed E-state index contributed by atoms with van der Waals surface area (Å²) in [4.78, 5) is 13.7. The third-order valence-electron chi connectivity index (χ3n) is 6.89. The molecule has 1 aromatic carbocycles. The Balaban J connectivity index is 1.39. The molecule has 0 amide bonds. The maximum atomic E-state index is 14.7. The number of benzene rings is 1. The molecule has 2 aliphatic rings. The average Bonchev–Trinajstić information content (AvgIpc) is 3.36. The Morgan fingerprint density at radius 2 is 2.03 bits per heavy atom. The van der Waals surface area contributed by atoms with Crippen molar-refractivity contribution in [3.05, 3.63) is 70.9 Å². The fraction of sp³-hybridized carbons (Fsp3) is 0.320. The van der Waals surface area contributed by atoms with E-state index in [0.29, 0.717) is 41.3 Å². The van der Waals surface area contributed by atoms with Crippen LogP contribution in [0, 0.1) is 5.82 Å². The highest BCUT2D eigenvalue weighted by atomic mass is 19.1. The third-order valence-corrected chi connectivity index (χ3v) is 6.89. The van der Waals surface area contributed by atoms with Crippen LogP contribution >= 0.6 is 0 Å². The van der Waals surface area contributed by atoms with E-state index in [0.717, 1.165) is 37.2 Å². The molecular formula is C25H25FN6O. The maximum absolute atomic E-state index is 14.7. The lowest BCUT2D eigenvalue weighted by Gasteiger charge is -2.21. The highest BCUT2D eigenvalue weighted by molar-refractivity contribution is 5.79. The van der Waals surface area contributed by atoms with Crippen LogP contribution in [0.3, 0.4) is 0 Å². The first-order valence-corrected chi connectivity index (χ1v) is 11.4. The summed E-state index contributed by atoms with van der Waals surface area (Å²) < 4.78 is 16.4. The number of pyridine rings is 1. The van der Waals surface area contributed by atoms with E-state index in [9.17, 15) is 9.50 Å². The zero-order valence-corrected chi connectivity index (χ0v) is 18.4. The Bertz CT molecular complexity index is 1380. The number of halogens is 1. The molecule has 4 heterocycles. The lowest BCUT2D eigenvalue weighted by Crippen LogP contribution is -2.23. The fourth-order valence-corrected chi connectivity index (χ4v) is 4.91. The van der Waals surface area contributed by atoms with Gasteiger partial charge in [0.1, 0.15) is 11.4 Å². The van der Waals surface area contributed by atoms with Crippen molar-refractivity contribution in [3.63, 3.8) is 0 Å². The summed E-state index contributed by atoms with van der Waals surface area (Å²) in [6.07, 6.45) is 5.89. The van der Waals surface area contributed by atoms with Gasteiger partial charge in [-0.2, -0.15) is 4.98 Å². The molecule has 1 aliphatic carbocycles. The van der Waals surface area contributed by atoms with Crippen LogP contribution in [0.5, 0.6) is 0 Å². The quantitative estimate of drug-likeness (QED) is 0.443. The molecule has 6 rings (SSSR count). The molecule has 7 nitrogen and oxygen atoms in total. The van der Waals surface area contributed by atoms with Gasteiger partial charge in [0.2, 0.25) is 5.95 Å². The van der Waals surface area contributed by atoms with Crippen molar-refractivity contribution >= 4 is 22.7 Å². The molecule has 8 heteroatoms. The van der Waals surface area contributed by atoms with Gasteiger partial charge in [0.15, 0.2) is 11.5 Å². The molecule has 0 unspecified atom stereocenters. The number of hydrogen-bond acceptors (Lipinski definition) is 6. The number of fused-ring (bicyclic) bond motifs is 3. The van der Waals surface area contributed by atoms with Gasteiger partial charge in [0.25, 0.3) is 0 Å². The smallest absolute Gasteiger partial charge is 0.229 e. The highest BCUT2D eigenvalue weighted by Crippen LogP contribution is 2.38. The van der Waals surface area contributed by atoms with Crippen LogP contribution < -0.4 is 10.6 Å². The summed E-state index contributed by atoms with van der Waals surface area (Å²) >= 11 is 0. The van der Waals surface area contributed by atoms with Crippen molar-refractivity contribution in [1.82, 2.24) is 24.8 Å². The van der Waals surface area contributed by atoms with E-state index in [-0.39, 0.29) is 0 Å². The van der Waals surface area contributed by atoms with E-state index in [4.69, 9.17) is 4.98 Å². The van der Waals surface area contributed by atoms with Crippen LogP contribution in [0.4, 0.5) is 16.0 Å². The van der Waals surface area contributed by atoms with Crippen LogP contribution in [0.15, 0.2) is 42.7 Å². The molecule has 1 aliphatic heterocycles. The minimum absolute atomic E-state index is 0.324. The largest absolute Gasteiger partial charge is 0.384 e. The van der Waals surface area contributed by atoms with Crippen LogP contribution in [-0.4, -0.2) is 31.2 Å². The van der Waals surface area contributed by atoms with Crippen molar-refractivity contribution in [1.29, 1.82) is 0 Å². The van der Waals surface area contributed by atoms with Crippen molar-refractivity contribution in [3.8, 4) is 5.82 Å². The van der Waals surface area contributed by atoms with Crippen LogP contribution in [0.1, 0.15) is 42.1 Å². The van der Waals surface area contributed by atoms with Crippen molar-refractivity contribution in [2.45, 2.75) is 44.8 Å². The Morgan fingerprint density at radius 3 is 2.91 bits per heavy atom. The van der Waals surface area contributed by atoms with Gasteiger partial charge in [-0.3, -0.25) is 4.57 Å². The molecule has 0 fully saturated rings. The van der Waals surface area contributed by atoms with E-state index >= 15 is 0 Å². The van der Waals surface area contributed by atoms with E-state index < -0.39 is 11.4 Å². The van der Waals surface area contributed by atoms with Crippen LogP contribution in [0.25, 0.3) is 16.9 Å². The average molecular weight is 445 g/mol. The fourth-order valence-electron chi connectivity index (χ4n) is 4.91. The summed E-state index contributed by atoms with van der Waals surface area (Å²) in [6.45, 7) is 3.80. The highest BCUT2D eigenvalue weighted by Gasteiger charge is 2.37. The van der Waals surface area contributed by atoms with Gasteiger partial charge in [0, 0.05) is 24.6 Å². The first-order chi connectivity index (χ1) is 16.0. The van der Waals surface area contributed by atoms with Crippen molar-refractivity contribution < 1.29 is 9.50 Å². The van der Waals surface area contributed by atoms with Gasteiger partial charge in [-0.1, -0.05) is 19.1 Å². The SMILES string of the molecule is CC[C@@]1(O)CCc2ccc(-n3cc(F)c4cnc(Nc5ccc6c(c5)CCNC6)nc43)nc21. The van der Waals surface area contributed by atoms with E-state index in [1.807, 2.05) is 25.1 Å². The van der Waals surface area contributed by atoms with Gasteiger partial charge in [-0.25, -0.2) is 14.4 Å². The molecule has 33 heavy (non-hydrogen) atoms. The minimum Gasteiger partial charge on any atom is -0.384 e. The topological polar surface area (TPSA) is 87.9 Å². The van der Waals surface area contributed by atoms with E-state index in [2.05, 4.69) is 32.7 Å². The number of rotatable bonds is 4. The van der Waals surface area contributed by atoms with E-state index in [1.54, 1.807) is 4.57 Å². The van der Waals surface area contributed by atoms with Crippen LogP contribution in [0.2, 0.25) is 0 Å². The van der Waals surface area contributed by atoms with Crippen molar-refractivity contribution in [2.24, 2.45) is 0 Å². The molecule has 0 spiro atoms. The number of aliphatic hydroxyl groups is 1. The Kier molecular flexibility index (Phi) is 4.67. The second-order valence-corrected chi connectivity index (χ2v) is 8.88. The summed E-state index contributed by atoms with van der Waals surface area (Å²) in [7, 11) is 0. The third kappa shape index (κ3) is 3.37. The lowest BCUT2D eigenvalue weighted by atomic mass is 9.98. The molecule has 0 saturated heterocycles. The monoisotopic (exact) mass is 444 g/mol. The summed E-state index contributed by atoms with van der Waals surface area (Å²) in [6, 6.07) is 10.1. The van der Waals surface area contributed by atoms with Gasteiger partial charge < -0.3 is 15.7 Å². The lowest BCUT2D eigenvalue weighted by molar-refractivity contribution is 0.0306. The number of hydrogen-bond donors (Lipinski definition) is 3. The molecule has 0 radical (unpaired) electrons. The second-order valence-electron chi connectivity index (χ2n) is 8.88. The number of aromatic nitrogens is 4. The molecule has 1 atom stereocenters. The molecule has 0 saturated carbocycles. The van der Waals surface area contributed by atoms with Crippen molar-refractivity contribution in [2.75, 3.05) is 11.9 Å². The van der Waals surface area contributed by atoms with Crippen LogP contribution in [-0.2, 0) is 25.0 Å². The Labute approximate surface area is 190 Å². The molecule has 0 bridgehead atoms. The predicted octanol–water partition coefficient (Wildman–Crippen LogP) is 3.89. The number of aryl methyl sites for hydroxylation is 1. The van der Waals surface area contributed by atoms with E-state index in [1.165, 1.54) is 23.5 Å². The van der Waals surface area contributed by atoms with Gasteiger partial charge in [-0.15, -0.1) is 0 Å². The molecular weight excluding hydrogens is 419 g/mol. The predicted molar refractivity (Wildman–Crippen MR) is 124 cm³/mol. The summed E-state index contributed by atoms with van der Waals surface area (Å²) in [5, 5.41) is 17.9. The first-order valence-electron chi connectivity index (χ1n) is 11.4. The molecule has 3 aromatic heterocycles. The second kappa shape index (κ2) is 7.60.